The first-order valence-corrected chi connectivity index (χ1v) is 10.5. The lowest BCUT2D eigenvalue weighted by atomic mass is 10.2. The van der Waals surface area contributed by atoms with Crippen molar-refractivity contribution in [3.63, 3.8) is 0 Å². The van der Waals surface area contributed by atoms with Gasteiger partial charge in [-0.1, -0.05) is 32.0 Å². The Labute approximate surface area is 191 Å². The molecule has 1 heterocycles. The van der Waals surface area contributed by atoms with Crippen molar-refractivity contribution in [1.29, 1.82) is 0 Å². The van der Waals surface area contributed by atoms with Crippen molar-refractivity contribution in [2.24, 2.45) is 13.0 Å². The second kappa shape index (κ2) is 9.99. The highest BCUT2D eigenvalue weighted by atomic mass is 16.2. The first kappa shape index (κ1) is 23.5. The molecule has 3 aromatic rings. The number of nitrogens with zero attached hydrogens (tertiary/aromatic N) is 2. The third-order valence-corrected chi connectivity index (χ3v) is 5.07. The standard InChI is InChI=1S/C24H27N5O4/c1-15(2)14-25-22(31)23(32)26-18-12-10-17(11-13-18)21(30)27-20-16(3)28(4)29(24(20)33)19-8-6-5-7-9-19/h5-13,15H,14H2,1-4H3,(H,25,31)(H,26,32)(H,27,30). The minimum Gasteiger partial charge on any atom is -0.348 e. The van der Waals surface area contributed by atoms with E-state index in [9.17, 15) is 19.2 Å². The Bertz CT molecular complexity index is 1220. The molecule has 3 rings (SSSR count). The smallest absolute Gasteiger partial charge is 0.313 e. The molecule has 0 aliphatic heterocycles. The lowest BCUT2D eigenvalue weighted by Gasteiger charge is -2.09. The van der Waals surface area contributed by atoms with E-state index in [1.807, 2.05) is 44.2 Å². The van der Waals surface area contributed by atoms with E-state index in [-0.39, 0.29) is 17.2 Å². The Morgan fingerprint density at radius 2 is 1.55 bits per heavy atom. The first-order valence-electron chi connectivity index (χ1n) is 10.5. The van der Waals surface area contributed by atoms with Gasteiger partial charge in [0.05, 0.1) is 11.4 Å². The van der Waals surface area contributed by atoms with Gasteiger partial charge in [-0.2, -0.15) is 0 Å². The number of hydrogen-bond acceptors (Lipinski definition) is 4. The number of anilines is 2. The summed E-state index contributed by atoms with van der Waals surface area (Å²) in [6, 6.07) is 15.2. The van der Waals surface area contributed by atoms with Crippen LogP contribution in [0.15, 0.2) is 59.4 Å². The quantitative estimate of drug-likeness (QED) is 0.502. The van der Waals surface area contributed by atoms with Crippen LogP contribution in [0.25, 0.3) is 5.69 Å². The van der Waals surface area contributed by atoms with E-state index in [1.165, 1.54) is 28.9 Å². The predicted molar refractivity (Wildman–Crippen MR) is 127 cm³/mol. The zero-order chi connectivity index (χ0) is 24.1. The number of para-hydroxylation sites is 1. The summed E-state index contributed by atoms with van der Waals surface area (Å²) in [6.45, 7) is 6.00. The van der Waals surface area contributed by atoms with E-state index in [0.29, 0.717) is 29.2 Å². The van der Waals surface area contributed by atoms with Crippen molar-refractivity contribution >= 4 is 29.1 Å². The average molecular weight is 450 g/mol. The molecule has 0 bridgehead atoms. The lowest BCUT2D eigenvalue weighted by molar-refractivity contribution is -0.136. The van der Waals surface area contributed by atoms with Crippen LogP contribution < -0.4 is 21.5 Å². The molecule has 0 saturated carbocycles. The zero-order valence-electron chi connectivity index (χ0n) is 19.0. The van der Waals surface area contributed by atoms with Gasteiger partial charge in [-0.3, -0.25) is 23.9 Å². The van der Waals surface area contributed by atoms with Gasteiger partial charge >= 0.3 is 11.8 Å². The fourth-order valence-corrected chi connectivity index (χ4v) is 3.17. The topological polar surface area (TPSA) is 114 Å². The van der Waals surface area contributed by atoms with E-state index >= 15 is 0 Å². The second-order valence-electron chi connectivity index (χ2n) is 8.03. The molecular formula is C24H27N5O4. The van der Waals surface area contributed by atoms with Gasteiger partial charge in [0.15, 0.2) is 0 Å². The third-order valence-electron chi connectivity index (χ3n) is 5.07. The number of hydrogen-bond donors (Lipinski definition) is 3. The van der Waals surface area contributed by atoms with Crippen molar-refractivity contribution in [2.75, 3.05) is 17.2 Å². The molecule has 0 fully saturated rings. The Morgan fingerprint density at radius 3 is 2.15 bits per heavy atom. The van der Waals surface area contributed by atoms with Gasteiger partial charge in [-0.05, 0) is 49.2 Å². The van der Waals surface area contributed by atoms with Crippen LogP contribution in [0.5, 0.6) is 0 Å². The summed E-state index contributed by atoms with van der Waals surface area (Å²) in [6.07, 6.45) is 0. The molecule has 172 valence electrons. The van der Waals surface area contributed by atoms with Crippen LogP contribution in [-0.2, 0) is 16.6 Å². The van der Waals surface area contributed by atoms with Gasteiger partial charge in [0.25, 0.3) is 11.5 Å². The summed E-state index contributed by atoms with van der Waals surface area (Å²) in [4.78, 5) is 49.5. The van der Waals surface area contributed by atoms with Crippen LogP contribution in [0.3, 0.4) is 0 Å². The van der Waals surface area contributed by atoms with Crippen LogP contribution in [0.2, 0.25) is 0 Å². The summed E-state index contributed by atoms with van der Waals surface area (Å²) >= 11 is 0. The number of benzene rings is 2. The van der Waals surface area contributed by atoms with Crippen molar-refractivity contribution in [2.45, 2.75) is 20.8 Å². The third kappa shape index (κ3) is 5.38. The number of nitrogens with one attached hydrogen (secondary N) is 3. The maximum atomic E-state index is 13.0. The average Bonchev–Trinajstić information content (AvgIpc) is 3.01. The molecule has 9 heteroatoms. The molecule has 0 atom stereocenters. The largest absolute Gasteiger partial charge is 0.348 e. The molecule has 0 saturated heterocycles. The first-order chi connectivity index (χ1) is 15.7. The molecule has 0 spiro atoms. The summed E-state index contributed by atoms with van der Waals surface area (Å²) in [5.74, 6) is -1.74. The molecule has 2 aromatic carbocycles. The van der Waals surface area contributed by atoms with Crippen molar-refractivity contribution in [1.82, 2.24) is 14.7 Å². The van der Waals surface area contributed by atoms with Gasteiger partial charge in [0.1, 0.15) is 5.69 Å². The molecule has 0 unspecified atom stereocenters. The molecule has 3 N–H and O–H groups in total. The van der Waals surface area contributed by atoms with Gasteiger partial charge in [0.2, 0.25) is 0 Å². The van der Waals surface area contributed by atoms with E-state index in [2.05, 4.69) is 16.0 Å². The lowest BCUT2D eigenvalue weighted by Crippen LogP contribution is -2.37. The Hall–Kier alpha value is -4.14. The van der Waals surface area contributed by atoms with E-state index in [4.69, 9.17) is 0 Å². The number of amides is 3. The summed E-state index contributed by atoms with van der Waals surface area (Å²) in [7, 11) is 1.74. The van der Waals surface area contributed by atoms with E-state index < -0.39 is 17.7 Å². The summed E-state index contributed by atoms with van der Waals surface area (Å²) in [5.41, 5.74) is 1.81. The molecular weight excluding hydrogens is 422 g/mol. The fraction of sp³-hybridized carbons (Fsp3) is 0.250. The van der Waals surface area contributed by atoms with Crippen LogP contribution in [0.1, 0.15) is 29.9 Å². The minimum absolute atomic E-state index is 0.186. The summed E-state index contributed by atoms with van der Waals surface area (Å²) < 4.78 is 3.16. The highest BCUT2D eigenvalue weighted by Gasteiger charge is 2.19. The summed E-state index contributed by atoms with van der Waals surface area (Å²) in [5, 5.41) is 7.72. The van der Waals surface area contributed by atoms with Crippen molar-refractivity contribution < 1.29 is 14.4 Å². The highest BCUT2D eigenvalue weighted by molar-refractivity contribution is 6.39. The highest BCUT2D eigenvalue weighted by Crippen LogP contribution is 2.16. The molecule has 0 radical (unpaired) electrons. The predicted octanol–water partition coefficient (Wildman–Crippen LogP) is 2.45. The maximum absolute atomic E-state index is 13.0. The van der Waals surface area contributed by atoms with Gasteiger partial charge in [-0.15, -0.1) is 0 Å². The Morgan fingerprint density at radius 1 is 0.909 bits per heavy atom. The van der Waals surface area contributed by atoms with E-state index in [0.717, 1.165) is 0 Å². The zero-order valence-corrected chi connectivity index (χ0v) is 19.0. The Balaban J connectivity index is 1.71. The van der Waals surface area contributed by atoms with E-state index in [1.54, 1.807) is 18.7 Å². The molecule has 9 nitrogen and oxygen atoms in total. The van der Waals surface area contributed by atoms with Crippen molar-refractivity contribution in [3.05, 3.63) is 76.2 Å². The number of rotatable bonds is 6. The normalized spacial score (nSPS) is 10.7. The molecule has 1 aromatic heterocycles. The van der Waals surface area contributed by atoms with Gasteiger partial charge < -0.3 is 16.0 Å². The maximum Gasteiger partial charge on any atom is 0.313 e. The Kier molecular flexibility index (Phi) is 7.12. The van der Waals surface area contributed by atoms with Crippen LogP contribution in [0.4, 0.5) is 11.4 Å². The molecule has 0 aliphatic rings. The molecule has 0 aliphatic carbocycles. The number of aromatic nitrogens is 2. The SMILES string of the molecule is Cc1c(NC(=O)c2ccc(NC(=O)C(=O)NCC(C)C)cc2)c(=O)n(-c2ccccc2)n1C. The fourth-order valence-electron chi connectivity index (χ4n) is 3.17. The molecule has 3 amide bonds. The number of carbonyl (C=O) groups is 3. The number of carbonyl (C=O) groups excluding carboxylic acids is 3. The van der Waals surface area contributed by atoms with Crippen LogP contribution >= 0.6 is 0 Å². The monoisotopic (exact) mass is 449 g/mol. The molecule has 33 heavy (non-hydrogen) atoms. The van der Waals surface area contributed by atoms with Crippen molar-refractivity contribution in [3.8, 4) is 5.69 Å². The van der Waals surface area contributed by atoms with Gasteiger partial charge in [0, 0.05) is 24.8 Å². The second-order valence-corrected chi connectivity index (χ2v) is 8.03. The van der Waals surface area contributed by atoms with Crippen LogP contribution in [0, 0.1) is 12.8 Å². The van der Waals surface area contributed by atoms with Crippen LogP contribution in [-0.4, -0.2) is 33.6 Å². The minimum atomic E-state index is -0.783. The van der Waals surface area contributed by atoms with Gasteiger partial charge in [-0.25, -0.2) is 4.68 Å².